The Hall–Kier alpha value is 0.260. The molecule has 5 heteroatoms. The second kappa shape index (κ2) is 5.94. The molecule has 0 heterocycles. The summed E-state index contributed by atoms with van der Waals surface area (Å²) in [5.41, 5.74) is 0.568. The molecule has 1 N–H and O–H groups in total. The van der Waals surface area contributed by atoms with E-state index in [2.05, 4.69) is 13.8 Å². The molecule has 0 saturated heterocycles. The second-order valence-corrected chi connectivity index (χ2v) is 9.54. The van der Waals surface area contributed by atoms with Gasteiger partial charge in [0.1, 0.15) is 0 Å². The summed E-state index contributed by atoms with van der Waals surface area (Å²) in [7, 11) is -3.76. The summed E-state index contributed by atoms with van der Waals surface area (Å²) in [4.78, 5) is 0. The molecule has 0 aromatic rings. The maximum absolute atomic E-state index is 10.6. The van der Waals surface area contributed by atoms with Crippen molar-refractivity contribution in [1.82, 2.24) is 0 Å². The first kappa shape index (κ1) is 15.6. The van der Waals surface area contributed by atoms with Crippen LogP contribution in [0, 0.1) is 23.2 Å². The fraction of sp³-hybridized carbons (Fsp3) is 1.00. The molecule has 3 nitrogen and oxygen atoms in total. The van der Waals surface area contributed by atoms with Crippen LogP contribution < -0.4 is 0 Å². The molecule has 3 atom stereocenters. The van der Waals surface area contributed by atoms with Crippen LogP contribution in [0.1, 0.15) is 46.0 Å². The van der Waals surface area contributed by atoms with Gasteiger partial charge in [-0.1, -0.05) is 13.8 Å². The van der Waals surface area contributed by atoms with E-state index in [1.54, 1.807) is 0 Å². The second-order valence-electron chi connectivity index (χ2n) is 6.74. The monoisotopic (exact) mass is 306 g/mol. The molecule has 19 heavy (non-hydrogen) atoms. The van der Waals surface area contributed by atoms with Gasteiger partial charge in [0, 0.05) is 0 Å². The van der Waals surface area contributed by atoms with Crippen molar-refractivity contribution < 1.29 is 13.0 Å². The molecule has 0 aliphatic heterocycles. The Bertz CT molecular complexity index is 401. The zero-order chi connectivity index (χ0) is 14.1. The minimum absolute atomic E-state index is 0.0965. The lowest BCUT2D eigenvalue weighted by Crippen LogP contribution is -2.52. The van der Waals surface area contributed by atoms with Gasteiger partial charge in [-0.15, -0.1) is 0 Å². The first-order valence-corrected chi connectivity index (χ1v) is 10.1. The van der Waals surface area contributed by atoms with Crippen LogP contribution in [0.4, 0.5) is 0 Å². The number of fused-ring (bicyclic) bond motifs is 2. The molecule has 0 aromatic heterocycles. The van der Waals surface area contributed by atoms with E-state index in [1.807, 2.05) is 11.8 Å². The lowest BCUT2D eigenvalue weighted by atomic mass is 9.45. The van der Waals surface area contributed by atoms with Crippen LogP contribution in [0.15, 0.2) is 0 Å². The first-order valence-electron chi connectivity index (χ1n) is 7.33. The Morgan fingerprint density at radius 1 is 1.26 bits per heavy atom. The van der Waals surface area contributed by atoms with E-state index in [4.69, 9.17) is 4.55 Å². The van der Waals surface area contributed by atoms with E-state index in [0.29, 0.717) is 11.8 Å². The minimum atomic E-state index is -3.76. The third kappa shape index (κ3) is 3.88. The number of hydrogen-bond donors (Lipinski definition) is 1. The Morgan fingerprint density at radius 3 is 2.58 bits per heavy atom. The van der Waals surface area contributed by atoms with Crippen LogP contribution in [-0.2, 0) is 10.1 Å². The minimum Gasteiger partial charge on any atom is -0.286 e. The van der Waals surface area contributed by atoms with Crippen molar-refractivity contribution >= 4 is 21.9 Å². The van der Waals surface area contributed by atoms with Crippen molar-refractivity contribution in [3.63, 3.8) is 0 Å². The van der Waals surface area contributed by atoms with Gasteiger partial charge in [-0.2, -0.15) is 20.2 Å². The van der Waals surface area contributed by atoms with Gasteiger partial charge in [-0.25, -0.2) is 0 Å². The molecular formula is C14H26O3S2. The third-order valence-corrected chi connectivity index (χ3v) is 7.23. The van der Waals surface area contributed by atoms with Crippen LogP contribution in [0.3, 0.4) is 0 Å². The molecule has 3 aliphatic rings. The van der Waals surface area contributed by atoms with E-state index < -0.39 is 10.1 Å². The summed E-state index contributed by atoms with van der Waals surface area (Å²) in [5.74, 6) is 4.65. The normalized spacial score (nSPS) is 32.9. The van der Waals surface area contributed by atoms with Gasteiger partial charge in [-0.05, 0) is 66.8 Å². The zero-order valence-corrected chi connectivity index (χ0v) is 13.6. The molecule has 3 aliphatic carbocycles. The Labute approximate surface area is 121 Å². The number of rotatable bonds is 7. The van der Waals surface area contributed by atoms with E-state index in [-0.39, 0.29) is 5.75 Å². The maximum atomic E-state index is 10.6. The average molecular weight is 306 g/mol. The van der Waals surface area contributed by atoms with Crippen molar-refractivity contribution in [2.75, 3.05) is 17.3 Å². The molecule has 0 amide bonds. The summed E-state index contributed by atoms with van der Waals surface area (Å²) in [6.45, 7) is 4.86. The van der Waals surface area contributed by atoms with Crippen molar-refractivity contribution in [1.29, 1.82) is 0 Å². The Kier molecular flexibility index (Phi) is 4.89. The van der Waals surface area contributed by atoms with Gasteiger partial charge in [-0.3, -0.25) is 4.55 Å². The number of thioether (sulfide) groups is 1. The largest absolute Gasteiger partial charge is 0.286 e. The fourth-order valence-electron chi connectivity index (χ4n) is 3.99. The van der Waals surface area contributed by atoms with Gasteiger partial charge in [0.15, 0.2) is 0 Å². The quantitative estimate of drug-likeness (QED) is 0.578. The molecule has 3 saturated carbocycles. The highest BCUT2D eigenvalue weighted by atomic mass is 32.2. The highest BCUT2D eigenvalue weighted by Crippen LogP contribution is 2.62. The maximum Gasteiger partial charge on any atom is 0.264 e. The summed E-state index contributed by atoms with van der Waals surface area (Å²) >= 11 is 1.83. The van der Waals surface area contributed by atoms with Gasteiger partial charge in [0.05, 0.1) is 5.75 Å². The zero-order valence-electron chi connectivity index (χ0n) is 12.0. The standard InChI is InChI=1S/C14H26O3S2/c1-14(2)12-5-4-11(13(14)10-12)6-8-18-7-3-9-19(15,16)17/h11-13H,3-10H2,1-2H3,(H,15,16,17)/t11-,12-,13-/m0/s1. The van der Waals surface area contributed by atoms with Crippen LogP contribution in [0.5, 0.6) is 0 Å². The SMILES string of the molecule is CC1(C)[C@H]2CC[C@@H](CCSCCCS(=O)(=O)O)[C@@H]1C2. The summed E-state index contributed by atoms with van der Waals surface area (Å²) in [6, 6.07) is 0. The van der Waals surface area contributed by atoms with Crippen molar-refractivity contribution in [2.45, 2.75) is 46.0 Å². The van der Waals surface area contributed by atoms with Gasteiger partial charge in [0.25, 0.3) is 10.1 Å². The van der Waals surface area contributed by atoms with Crippen LogP contribution in [0.2, 0.25) is 0 Å². The lowest BCUT2D eigenvalue weighted by molar-refractivity contribution is -0.105. The summed E-state index contributed by atoms with van der Waals surface area (Å²) in [6.07, 6.45) is 6.07. The molecule has 2 bridgehead atoms. The lowest BCUT2D eigenvalue weighted by Gasteiger charge is -2.60. The average Bonchev–Trinajstić information content (AvgIpc) is 2.32. The van der Waals surface area contributed by atoms with Crippen molar-refractivity contribution in [2.24, 2.45) is 23.2 Å². The molecule has 112 valence electrons. The Morgan fingerprint density at radius 2 is 2.00 bits per heavy atom. The summed E-state index contributed by atoms with van der Waals surface area (Å²) in [5, 5.41) is 0. The van der Waals surface area contributed by atoms with E-state index in [1.165, 1.54) is 25.7 Å². The predicted molar refractivity (Wildman–Crippen MR) is 81.1 cm³/mol. The smallest absolute Gasteiger partial charge is 0.264 e. The van der Waals surface area contributed by atoms with Crippen LogP contribution in [-0.4, -0.2) is 30.2 Å². The van der Waals surface area contributed by atoms with E-state index in [9.17, 15) is 8.42 Å². The third-order valence-electron chi connectivity index (χ3n) is 5.33. The van der Waals surface area contributed by atoms with Gasteiger partial charge < -0.3 is 0 Å². The van der Waals surface area contributed by atoms with E-state index in [0.717, 1.165) is 29.3 Å². The highest BCUT2D eigenvalue weighted by Gasteiger charge is 2.53. The molecule has 0 aromatic carbocycles. The molecule has 0 spiro atoms. The molecule has 0 radical (unpaired) electrons. The highest BCUT2D eigenvalue weighted by molar-refractivity contribution is 7.99. The van der Waals surface area contributed by atoms with E-state index >= 15 is 0 Å². The predicted octanol–water partition coefficient (Wildman–Crippen LogP) is 3.46. The van der Waals surface area contributed by atoms with Crippen LogP contribution in [0.25, 0.3) is 0 Å². The summed E-state index contributed by atoms with van der Waals surface area (Å²) < 4.78 is 29.8. The molecular weight excluding hydrogens is 280 g/mol. The van der Waals surface area contributed by atoms with Crippen molar-refractivity contribution in [3.8, 4) is 0 Å². The van der Waals surface area contributed by atoms with Gasteiger partial charge in [0.2, 0.25) is 0 Å². The Balaban J connectivity index is 1.59. The van der Waals surface area contributed by atoms with Crippen LogP contribution >= 0.6 is 11.8 Å². The fourth-order valence-corrected chi connectivity index (χ4v) is 5.70. The topological polar surface area (TPSA) is 54.4 Å². The molecule has 3 rings (SSSR count). The van der Waals surface area contributed by atoms with Gasteiger partial charge >= 0.3 is 0 Å². The van der Waals surface area contributed by atoms with Crippen molar-refractivity contribution in [3.05, 3.63) is 0 Å². The number of hydrogen-bond acceptors (Lipinski definition) is 3. The first-order chi connectivity index (χ1) is 8.81. The molecule has 3 fully saturated rings. The molecule has 0 unspecified atom stereocenters.